The number of amides is 1. The molecule has 1 saturated heterocycles. The predicted molar refractivity (Wildman–Crippen MR) is 96.1 cm³/mol. The zero-order valence-corrected chi connectivity index (χ0v) is 15.0. The van der Waals surface area contributed by atoms with E-state index in [0.717, 1.165) is 17.7 Å². The van der Waals surface area contributed by atoms with Gasteiger partial charge in [0, 0.05) is 18.0 Å². The molecule has 0 spiro atoms. The average Bonchev–Trinajstić information content (AvgIpc) is 3.39. The number of rotatable bonds is 5. The van der Waals surface area contributed by atoms with Crippen molar-refractivity contribution in [2.45, 2.75) is 25.0 Å². The van der Waals surface area contributed by atoms with Crippen molar-refractivity contribution in [1.82, 2.24) is 4.90 Å². The molecule has 2 aromatic rings. The summed E-state index contributed by atoms with van der Waals surface area (Å²) in [6, 6.07) is 6.73. The summed E-state index contributed by atoms with van der Waals surface area (Å²) < 4.78 is 5.66. The van der Waals surface area contributed by atoms with Crippen LogP contribution >= 0.6 is 22.7 Å². The van der Waals surface area contributed by atoms with Crippen LogP contribution in [0.1, 0.15) is 33.4 Å². The molecule has 1 amide bonds. The van der Waals surface area contributed by atoms with E-state index < -0.39 is 17.7 Å². The Labute approximate surface area is 153 Å². The largest absolute Gasteiger partial charge is 0.503 e. The molecule has 130 valence electrons. The Morgan fingerprint density at radius 2 is 2.08 bits per heavy atom. The number of thiophene rings is 2. The van der Waals surface area contributed by atoms with E-state index in [4.69, 9.17) is 4.74 Å². The molecule has 4 heterocycles. The van der Waals surface area contributed by atoms with E-state index in [1.165, 1.54) is 22.7 Å². The number of hydrogen-bond donors (Lipinski definition) is 1. The molecule has 1 fully saturated rings. The minimum absolute atomic E-state index is 0.0459. The number of carbonyl (C=O) groups excluding carboxylic acids is 2. The molecule has 2 aliphatic rings. The molecular weight excluding hydrogens is 358 g/mol. The van der Waals surface area contributed by atoms with E-state index >= 15 is 0 Å². The number of nitrogens with zero attached hydrogens (tertiary/aromatic N) is 1. The fourth-order valence-corrected chi connectivity index (χ4v) is 4.89. The second kappa shape index (κ2) is 6.74. The maximum Gasteiger partial charge on any atom is 0.290 e. The lowest BCUT2D eigenvalue weighted by Crippen LogP contribution is -2.37. The van der Waals surface area contributed by atoms with E-state index in [1.807, 2.05) is 22.9 Å². The van der Waals surface area contributed by atoms with Crippen LogP contribution in [-0.2, 0) is 9.53 Å². The Kier molecular flexibility index (Phi) is 4.45. The van der Waals surface area contributed by atoms with E-state index in [1.54, 1.807) is 17.0 Å². The highest BCUT2D eigenvalue weighted by Gasteiger charge is 2.45. The third-order valence-electron chi connectivity index (χ3n) is 4.53. The number of aliphatic hydroxyl groups excluding tert-OH is 1. The molecule has 0 aliphatic carbocycles. The van der Waals surface area contributed by atoms with Crippen LogP contribution in [0.5, 0.6) is 0 Å². The molecule has 1 N–H and O–H groups in total. The van der Waals surface area contributed by atoms with Crippen molar-refractivity contribution in [3.63, 3.8) is 0 Å². The van der Waals surface area contributed by atoms with Crippen LogP contribution in [0.2, 0.25) is 0 Å². The van der Waals surface area contributed by atoms with E-state index in [9.17, 15) is 14.7 Å². The maximum atomic E-state index is 12.9. The van der Waals surface area contributed by atoms with Gasteiger partial charge in [0.15, 0.2) is 5.76 Å². The molecule has 2 aliphatic heterocycles. The molecule has 0 aromatic carbocycles. The quantitative estimate of drug-likeness (QED) is 0.812. The Bertz CT molecular complexity index is 804. The molecule has 0 radical (unpaired) electrons. The fraction of sp³-hybridized carbons (Fsp3) is 0.333. The SMILES string of the molecule is O=C(C1=C(O)C(=O)N(C[C@H]2CCCO2)[C@@H]1c1cccs1)c1cccs1. The summed E-state index contributed by atoms with van der Waals surface area (Å²) in [4.78, 5) is 28.6. The molecule has 2 atom stereocenters. The lowest BCUT2D eigenvalue weighted by Gasteiger charge is -2.27. The zero-order chi connectivity index (χ0) is 17.4. The van der Waals surface area contributed by atoms with E-state index in [2.05, 4.69) is 0 Å². The molecule has 2 aromatic heterocycles. The van der Waals surface area contributed by atoms with Crippen molar-refractivity contribution in [3.8, 4) is 0 Å². The van der Waals surface area contributed by atoms with Gasteiger partial charge in [0.05, 0.1) is 22.6 Å². The minimum Gasteiger partial charge on any atom is -0.503 e. The lowest BCUT2D eigenvalue weighted by atomic mass is 10.0. The number of Topliss-reactive ketones (excluding diaryl/α,β-unsaturated/α-hetero) is 1. The zero-order valence-electron chi connectivity index (χ0n) is 13.4. The fourth-order valence-electron chi connectivity index (χ4n) is 3.36. The molecule has 0 unspecified atom stereocenters. The second-order valence-corrected chi connectivity index (χ2v) is 8.01. The molecular formula is C18H17NO4S2. The summed E-state index contributed by atoms with van der Waals surface area (Å²) in [5.74, 6) is -1.21. The van der Waals surface area contributed by atoms with Crippen LogP contribution in [-0.4, -0.2) is 41.0 Å². The van der Waals surface area contributed by atoms with E-state index in [0.29, 0.717) is 18.0 Å². The normalized spacial score (nSPS) is 23.7. The van der Waals surface area contributed by atoms with Gasteiger partial charge < -0.3 is 14.7 Å². The Hall–Kier alpha value is -1.96. The summed E-state index contributed by atoms with van der Waals surface area (Å²) in [6.07, 6.45) is 1.81. The van der Waals surface area contributed by atoms with Gasteiger partial charge in [-0.3, -0.25) is 9.59 Å². The molecule has 0 saturated carbocycles. The molecule has 7 heteroatoms. The first-order chi connectivity index (χ1) is 12.2. The first-order valence-corrected chi connectivity index (χ1v) is 9.90. The van der Waals surface area contributed by atoms with Gasteiger partial charge in [0.25, 0.3) is 5.91 Å². The number of aliphatic hydroxyl groups is 1. The van der Waals surface area contributed by atoms with Gasteiger partial charge in [-0.25, -0.2) is 0 Å². The summed E-state index contributed by atoms with van der Waals surface area (Å²) in [5, 5.41) is 14.2. The highest BCUT2D eigenvalue weighted by molar-refractivity contribution is 7.12. The monoisotopic (exact) mass is 375 g/mol. The number of ketones is 1. The van der Waals surface area contributed by atoms with Gasteiger partial charge in [-0.1, -0.05) is 12.1 Å². The summed E-state index contributed by atoms with van der Waals surface area (Å²) in [5.41, 5.74) is 0.174. The summed E-state index contributed by atoms with van der Waals surface area (Å²) >= 11 is 2.78. The molecule has 5 nitrogen and oxygen atoms in total. The number of ether oxygens (including phenoxy) is 1. The lowest BCUT2D eigenvalue weighted by molar-refractivity contribution is -0.130. The minimum atomic E-state index is -0.550. The van der Waals surface area contributed by atoms with Crippen LogP contribution < -0.4 is 0 Å². The second-order valence-electron chi connectivity index (χ2n) is 6.08. The van der Waals surface area contributed by atoms with E-state index in [-0.39, 0.29) is 17.5 Å². The van der Waals surface area contributed by atoms with Crippen LogP contribution in [0.25, 0.3) is 0 Å². The van der Waals surface area contributed by atoms with Crippen molar-refractivity contribution in [2.24, 2.45) is 0 Å². The number of hydrogen-bond acceptors (Lipinski definition) is 6. The van der Waals surface area contributed by atoms with Crippen LogP contribution in [0, 0.1) is 0 Å². The first-order valence-electron chi connectivity index (χ1n) is 8.14. The average molecular weight is 375 g/mol. The highest BCUT2D eigenvalue weighted by Crippen LogP contribution is 2.41. The maximum absolute atomic E-state index is 12.9. The van der Waals surface area contributed by atoms with Gasteiger partial charge in [0.2, 0.25) is 5.78 Å². The first kappa shape index (κ1) is 16.5. The Balaban J connectivity index is 1.72. The predicted octanol–water partition coefficient (Wildman–Crippen LogP) is 3.57. The Morgan fingerprint density at radius 1 is 1.28 bits per heavy atom. The van der Waals surface area contributed by atoms with Crippen molar-refractivity contribution in [2.75, 3.05) is 13.2 Å². The molecule has 4 rings (SSSR count). The standard InChI is InChI=1S/C18H17NO4S2/c20-16(13-6-3-9-25-13)14-15(12-5-2-8-24-12)19(18(22)17(14)21)10-11-4-1-7-23-11/h2-3,5-6,8-9,11,15,21H,1,4,7,10H2/t11-,15-/m1/s1. The topological polar surface area (TPSA) is 66.8 Å². The summed E-state index contributed by atoms with van der Waals surface area (Å²) in [6.45, 7) is 1.07. The van der Waals surface area contributed by atoms with Gasteiger partial charge >= 0.3 is 0 Å². The van der Waals surface area contributed by atoms with Gasteiger partial charge in [-0.15, -0.1) is 22.7 Å². The third kappa shape index (κ3) is 2.92. The smallest absolute Gasteiger partial charge is 0.290 e. The highest BCUT2D eigenvalue weighted by atomic mass is 32.1. The third-order valence-corrected chi connectivity index (χ3v) is 6.32. The molecule has 25 heavy (non-hydrogen) atoms. The van der Waals surface area contributed by atoms with Crippen molar-refractivity contribution < 1.29 is 19.4 Å². The summed E-state index contributed by atoms with van der Waals surface area (Å²) in [7, 11) is 0. The van der Waals surface area contributed by atoms with Crippen LogP contribution in [0.4, 0.5) is 0 Å². The van der Waals surface area contributed by atoms with Crippen molar-refractivity contribution in [1.29, 1.82) is 0 Å². The Morgan fingerprint density at radius 3 is 2.72 bits per heavy atom. The molecule has 0 bridgehead atoms. The van der Waals surface area contributed by atoms with Crippen molar-refractivity contribution in [3.05, 3.63) is 56.1 Å². The van der Waals surface area contributed by atoms with Crippen LogP contribution in [0.15, 0.2) is 46.4 Å². The van der Waals surface area contributed by atoms with Crippen molar-refractivity contribution >= 4 is 34.4 Å². The van der Waals surface area contributed by atoms with Gasteiger partial charge in [-0.05, 0) is 35.7 Å². The van der Waals surface area contributed by atoms with Crippen LogP contribution in [0.3, 0.4) is 0 Å². The van der Waals surface area contributed by atoms with Gasteiger partial charge in [-0.2, -0.15) is 0 Å². The number of carbonyl (C=O) groups is 2. The van der Waals surface area contributed by atoms with Gasteiger partial charge in [0.1, 0.15) is 0 Å².